The second-order valence-corrected chi connectivity index (χ2v) is 2.46. The van der Waals surface area contributed by atoms with E-state index in [1.165, 1.54) is 6.07 Å². The van der Waals surface area contributed by atoms with E-state index in [0.717, 1.165) is 5.56 Å². The third-order valence-corrected chi connectivity index (χ3v) is 1.55. The minimum Gasteiger partial charge on any atom is -0.398 e. The predicted octanol–water partition coefficient (Wildman–Crippen LogP) is 3.05. The van der Waals surface area contributed by atoms with Gasteiger partial charge < -0.3 is 5.73 Å². The van der Waals surface area contributed by atoms with Crippen LogP contribution in [0.5, 0.6) is 0 Å². The molecule has 1 aromatic rings. The van der Waals surface area contributed by atoms with Crippen molar-refractivity contribution in [2.24, 2.45) is 0 Å². The number of anilines is 1. The standard InChI is InChI=1S/C8H10FN.C2H6/c1-5-3-6(2)8(10)4-7(5)9;1-2/h3-4H,10H2,1-2H3;1-2H3. The predicted molar refractivity (Wildman–Crippen MR) is 51.6 cm³/mol. The molecule has 2 heteroatoms. The Labute approximate surface area is 73.4 Å². The molecule has 0 amide bonds. The van der Waals surface area contributed by atoms with E-state index in [2.05, 4.69) is 0 Å². The minimum absolute atomic E-state index is 0.233. The molecule has 0 saturated carbocycles. The van der Waals surface area contributed by atoms with Gasteiger partial charge in [-0.15, -0.1) is 0 Å². The van der Waals surface area contributed by atoms with Gasteiger partial charge in [-0.05, 0) is 31.0 Å². The van der Waals surface area contributed by atoms with Gasteiger partial charge in [0.15, 0.2) is 0 Å². The highest BCUT2D eigenvalue weighted by atomic mass is 19.1. The smallest absolute Gasteiger partial charge is 0.128 e. The zero-order valence-electron chi connectivity index (χ0n) is 8.11. The lowest BCUT2D eigenvalue weighted by Crippen LogP contribution is -1.92. The fraction of sp³-hybridized carbons (Fsp3) is 0.400. The molecule has 0 heterocycles. The third-order valence-electron chi connectivity index (χ3n) is 1.55. The zero-order valence-corrected chi connectivity index (χ0v) is 8.11. The van der Waals surface area contributed by atoms with E-state index in [4.69, 9.17) is 5.73 Å². The summed E-state index contributed by atoms with van der Waals surface area (Å²) in [7, 11) is 0. The number of rotatable bonds is 0. The maximum Gasteiger partial charge on any atom is 0.128 e. The van der Waals surface area contributed by atoms with E-state index < -0.39 is 0 Å². The highest BCUT2D eigenvalue weighted by Crippen LogP contribution is 2.15. The molecule has 0 aliphatic rings. The zero-order chi connectivity index (χ0) is 9.72. The topological polar surface area (TPSA) is 26.0 Å². The van der Waals surface area contributed by atoms with Gasteiger partial charge in [-0.3, -0.25) is 0 Å². The van der Waals surface area contributed by atoms with Crippen LogP contribution in [0, 0.1) is 19.7 Å². The van der Waals surface area contributed by atoms with Gasteiger partial charge in [-0.1, -0.05) is 19.9 Å². The molecule has 0 aliphatic heterocycles. The maximum atomic E-state index is 12.7. The highest BCUT2D eigenvalue weighted by molar-refractivity contribution is 5.47. The lowest BCUT2D eigenvalue weighted by Gasteiger charge is -2.01. The van der Waals surface area contributed by atoms with Gasteiger partial charge in [-0.25, -0.2) is 4.39 Å². The molecular formula is C10H16FN. The summed E-state index contributed by atoms with van der Waals surface area (Å²) >= 11 is 0. The van der Waals surface area contributed by atoms with Crippen molar-refractivity contribution in [3.63, 3.8) is 0 Å². The average Bonchev–Trinajstić information content (AvgIpc) is 2.05. The largest absolute Gasteiger partial charge is 0.398 e. The van der Waals surface area contributed by atoms with Crippen molar-refractivity contribution in [3.05, 3.63) is 29.1 Å². The molecule has 0 spiro atoms. The molecule has 0 fully saturated rings. The second kappa shape index (κ2) is 4.75. The van der Waals surface area contributed by atoms with Crippen LogP contribution >= 0.6 is 0 Å². The van der Waals surface area contributed by atoms with Crippen molar-refractivity contribution >= 4 is 5.69 Å². The first-order valence-corrected chi connectivity index (χ1v) is 4.13. The van der Waals surface area contributed by atoms with Crippen molar-refractivity contribution in [2.45, 2.75) is 27.7 Å². The number of nitrogen functional groups attached to an aromatic ring is 1. The Bertz CT molecular complexity index is 206. The van der Waals surface area contributed by atoms with E-state index in [1.54, 1.807) is 13.0 Å². The van der Waals surface area contributed by atoms with E-state index in [9.17, 15) is 4.39 Å². The van der Waals surface area contributed by atoms with Crippen LogP contribution < -0.4 is 5.73 Å². The van der Waals surface area contributed by atoms with Crippen molar-refractivity contribution in [1.82, 2.24) is 0 Å². The lowest BCUT2D eigenvalue weighted by atomic mass is 10.1. The van der Waals surface area contributed by atoms with Gasteiger partial charge in [-0.2, -0.15) is 0 Å². The molecule has 1 aromatic carbocycles. The molecule has 68 valence electrons. The summed E-state index contributed by atoms with van der Waals surface area (Å²) in [5.41, 5.74) is 7.54. The summed E-state index contributed by atoms with van der Waals surface area (Å²) in [6.07, 6.45) is 0. The molecule has 0 aromatic heterocycles. The summed E-state index contributed by atoms with van der Waals surface area (Å²) < 4.78 is 12.7. The summed E-state index contributed by atoms with van der Waals surface area (Å²) in [4.78, 5) is 0. The van der Waals surface area contributed by atoms with Crippen LogP contribution in [-0.4, -0.2) is 0 Å². The van der Waals surface area contributed by atoms with Crippen molar-refractivity contribution in [3.8, 4) is 0 Å². The van der Waals surface area contributed by atoms with Gasteiger partial charge in [0, 0.05) is 5.69 Å². The van der Waals surface area contributed by atoms with Crippen LogP contribution in [0.3, 0.4) is 0 Å². The first-order chi connectivity index (χ1) is 5.61. The summed E-state index contributed by atoms with van der Waals surface area (Å²) in [5, 5.41) is 0. The Hall–Kier alpha value is -1.05. The van der Waals surface area contributed by atoms with Gasteiger partial charge >= 0.3 is 0 Å². The summed E-state index contributed by atoms with van der Waals surface area (Å²) in [6.45, 7) is 7.59. The molecule has 2 N–H and O–H groups in total. The van der Waals surface area contributed by atoms with Crippen LogP contribution in [0.4, 0.5) is 10.1 Å². The van der Waals surface area contributed by atoms with Crippen LogP contribution in [0.25, 0.3) is 0 Å². The van der Waals surface area contributed by atoms with Crippen LogP contribution in [0.2, 0.25) is 0 Å². The monoisotopic (exact) mass is 169 g/mol. The molecule has 0 aliphatic carbocycles. The SMILES string of the molecule is CC.Cc1cc(C)c(F)cc1N. The first kappa shape index (κ1) is 11.0. The average molecular weight is 169 g/mol. The molecule has 0 bridgehead atoms. The minimum atomic E-state index is -0.233. The van der Waals surface area contributed by atoms with Crippen LogP contribution in [0.1, 0.15) is 25.0 Å². The number of nitrogens with two attached hydrogens (primary N) is 1. The molecule has 1 nitrogen and oxygen atoms in total. The van der Waals surface area contributed by atoms with E-state index in [0.29, 0.717) is 11.3 Å². The number of halogens is 1. The first-order valence-electron chi connectivity index (χ1n) is 4.13. The van der Waals surface area contributed by atoms with Crippen LogP contribution in [0.15, 0.2) is 12.1 Å². The number of hydrogen-bond donors (Lipinski definition) is 1. The van der Waals surface area contributed by atoms with Gasteiger partial charge in [0.05, 0.1) is 0 Å². The van der Waals surface area contributed by atoms with Gasteiger partial charge in [0.25, 0.3) is 0 Å². The number of aryl methyl sites for hydroxylation is 2. The Balaban J connectivity index is 0.000000561. The molecule has 0 atom stereocenters. The second-order valence-electron chi connectivity index (χ2n) is 2.46. The lowest BCUT2D eigenvalue weighted by molar-refractivity contribution is 0.619. The Morgan fingerprint density at radius 1 is 1.08 bits per heavy atom. The fourth-order valence-corrected chi connectivity index (χ4v) is 0.841. The summed E-state index contributed by atoms with van der Waals surface area (Å²) in [5.74, 6) is -0.233. The van der Waals surface area contributed by atoms with Crippen molar-refractivity contribution in [1.29, 1.82) is 0 Å². The van der Waals surface area contributed by atoms with Crippen molar-refractivity contribution in [2.75, 3.05) is 5.73 Å². The van der Waals surface area contributed by atoms with Crippen LogP contribution in [-0.2, 0) is 0 Å². The molecule has 0 radical (unpaired) electrons. The van der Waals surface area contributed by atoms with E-state index >= 15 is 0 Å². The summed E-state index contributed by atoms with van der Waals surface area (Å²) in [6, 6.07) is 3.09. The maximum absolute atomic E-state index is 12.7. The fourth-order valence-electron chi connectivity index (χ4n) is 0.841. The van der Waals surface area contributed by atoms with Gasteiger partial charge in [0.2, 0.25) is 0 Å². The van der Waals surface area contributed by atoms with Crippen molar-refractivity contribution < 1.29 is 4.39 Å². The third kappa shape index (κ3) is 2.53. The Kier molecular flexibility index (Phi) is 4.34. The van der Waals surface area contributed by atoms with E-state index in [1.807, 2.05) is 20.8 Å². The van der Waals surface area contributed by atoms with Gasteiger partial charge in [0.1, 0.15) is 5.82 Å². The quantitative estimate of drug-likeness (QED) is 0.593. The molecular weight excluding hydrogens is 153 g/mol. The molecule has 0 unspecified atom stereocenters. The normalized spacial score (nSPS) is 8.75. The Morgan fingerprint density at radius 3 is 2.00 bits per heavy atom. The Morgan fingerprint density at radius 2 is 1.58 bits per heavy atom. The molecule has 12 heavy (non-hydrogen) atoms. The number of benzene rings is 1. The highest BCUT2D eigenvalue weighted by Gasteiger charge is 1.99. The van der Waals surface area contributed by atoms with E-state index in [-0.39, 0.29) is 5.82 Å². The molecule has 1 rings (SSSR count). The molecule has 0 saturated heterocycles. The number of hydrogen-bond acceptors (Lipinski definition) is 1.